The van der Waals surface area contributed by atoms with Gasteiger partial charge in [-0.15, -0.1) is 0 Å². The summed E-state index contributed by atoms with van der Waals surface area (Å²) in [6, 6.07) is 10.2. The van der Waals surface area contributed by atoms with Gasteiger partial charge < -0.3 is 9.47 Å². The topological polar surface area (TPSA) is 74.7 Å². The fourth-order valence-electron chi connectivity index (χ4n) is 4.90. The first kappa shape index (κ1) is 23.0. The van der Waals surface area contributed by atoms with Gasteiger partial charge in [-0.2, -0.15) is 0 Å². The maximum Gasteiger partial charge on any atom is 0.257 e. The van der Waals surface area contributed by atoms with Gasteiger partial charge in [0.05, 0.1) is 5.56 Å². The van der Waals surface area contributed by atoms with Crippen LogP contribution in [0, 0.1) is 13.8 Å². The first-order chi connectivity index (χ1) is 15.3. The van der Waals surface area contributed by atoms with Crippen molar-refractivity contribution in [2.24, 2.45) is 7.05 Å². The highest BCUT2D eigenvalue weighted by Crippen LogP contribution is 2.29. The van der Waals surface area contributed by atoms with Crippen molar-refractivity contribution in [3.8, 4) is 0 Å². The second-order valence-corrected chi connectivity index (χ2v) is 10.7. The van der Waals surface area contributed by atoms with E-state index in [1.807, 2.05) is 36.7 Å². The molecule has 0 unspecified atom stereocenters. The highest BCUT2D eigenvalue weighted by atomic mass is 32.2. The SMILES string of the molecule is Cc1c(C(=O)N2CCCC2)c(S(=O)(=O)NC2CCN(Cc3ccccc3)CC2)c(C)n1C. The molecule has 0 saturated carbocycles. The molecule has 0 aliphatic carbocycles. The Morgan fingerprint density at radius 1 is 1.00 bits per heavy atom. The molecular formula is C24H34N4O3S. The van der Waals surface area contributed by atoms with Gasteiger partial charge in [-0.25, -0.2) is 13.1 Å². The van der Waals surface area contributed by atoms with E-state index in [1.165, 1.54) is 5.56 Å². The molecule has 0 atom stereocenters. The lowest BCUT2D eigenvalue weighted by atomic mass is 10.1. The summed E-state index contributed by atoms with van der Waals surface area (Å²) in [5, 5.41) is 0. The van der Waals surface area contributed by atoms with E-state index in [9.17, 15) is 13.2 Å². The van der Waals surface area contributed by atoms with Crippen molar-refractivity contribution in [2.45, 2.75) is 57.0 Å². The molecule has 0 bridgehead atoms. The number of amides is 1. The molecule has 0 spiro atoms. The van der Waals surface area contributed by atoms with E-state index in [0.717, 1.165) is 45.3 Å². The molecule has 2 aromatic rings. The standard InChI is InChI=1S/C24H34N4O3S/c1-18-22(24(29)28-13-7-8-14-28)23(19(2)26(18)3)32(30,31)25-21-11-15-27(16-12-21)17-20-9-5-4-6-10-20/h4-6,9-10,21,25H,7-8,11-17H2,1-3H3. The molecule has 7 nitrogen and oxygen atoms in total. The molecule has 3 heterocycles. The zero-order valence-corrected chi connectivity index (χ0v) is 20.1. The van der Waals surface area contributed by atoms with Crippen LogP contribution in [0.2, 0.25) is 0 Å². The number of carbonyl (C=O) groups is 1. The van der Waals surface area contributed by atoms with Gasteiger partial charge >= 0.3 is 0 Å². The van der Waals surface area contributed by atoms with Gasteiger partial charge in [-0.05, 0) is 45.1 Å². The summed E-state index contributed by atoms with van der Waals surface area (Å²) in [5.74, 6) is -0.165. The van der Waals surface area contributed by atoms with Crippen molar-refractivity contribution in [3.05, 3.63) is 52.8 Å². The summed E-state index contributed by atoms with van der Waals surface area (Å²) < 4.78 is 31.7. The average Bonchev–Trinajstić information content (AvgIpc) is 3.39. The molecular weight excluding hydrogens is 424 g/mol. The summed E-state index contributed by atoms with van der Waals surface area (Å²) in [6.45, 7) is 7.56. The molecule has 8 heteroatoms. The average molecular weight is 459 g/mol. The minimum atomic E-state index is -3.81. The van der Waals surface area contributed by atoms with Crippen molar-refractivity contribution in [3.63, 3.8) is 0 Å². The minimum Gasteiger partial charge on any atom is -0.350 e. The quantitative estimate of drug-likeness (QED) is 0.722. The van der Waals surface area contributed by atoms with E-state index in [1.54, 1.807) is 11.8 Å². The fraction of sp³-hybridized carbons (Fsp3) is 0.542. The molecule has 2 saturated heterocycles. The van der Waals surface area contributed by atoms with Gasteiger partial charge in [-0.1, -0.05) is 30.3 Å². The zero-order valence-electron chi connectivity index (χ0n) is 19.3. The van der Waals surface area contributed by atoms with Crippen LogP contribution in [0.5, 0.6) is 0 Å². The Bertz CT molecular complexity index is 1060. The molecule has 4 rings (SSSR count). The summed E-state index contributed by atoms with van der Waals surface area (Å²) in [5.41, 5.74) is 2.92. The van der Waals surface area contributed by atoms with Crippen LogP contribution in [-0.2, 0) is 23.6 Å². The highest BCUT2D eigenvalue weighted by molar-refractivity contribution is 7.89. The lowest BCUT2D eigenvalue weighted by Crippen LogP contribution is -2.44. The molecule has 2 aliphatic heterocycles. The van der Waals surface area contributed by atoms with Gasteiger partial charge in [-0.3, -0.25) is 9.69 Å². The Morgan fingerprint density at radius 3 is 2.25 bits per heavy atom. The highest BCUT2D eigenvalue weighted by Gasteiger charge is 2.35. The van der Waals surface area contributed by atoms with Crippen LogP contribution in [0.4, 0.5) is 0 Å². The molecule has 32 heavy (non-hydrogen) atoms. The van der Waals surface area contributed by atoms with E-state index >= 15 is 0 Å². The number of rotatable bonds is 6. The molecule has 0 radical (unpaired) electrons. The van der Waals surface area contributed by atoms with Gasteiger partial charge in [0.2, 0.25) is 10.0 Å². The van der Waals surface area contributed by atoms with Crippen molar-refractivity contribution < 1.29 is 13.2 Å². The molecule has 1 aromatic carbocycles. The van der Waals surface area contributed by atoms with Crippen LogP contribution in [0.15, 0.2) is 35.2 Å². The van der Waals surface area contributed by atoms with E-state index in [2.05, 4.69) is 21.8 Å². The Labute approximate surface area is 191 Å². The number of nitrogens with zero attached hydrogens (tertiary/aromatic N) is 3. The smallest absolute Gasteiger partial charge is 0.257 e. The number of hydrogen-bond acceptors (Lipinski definition) is 4. The minimum absolute atomic E-state index is 0.123. The van der Waals surface area contributed by atoms with Crippen LogP contribution in [0.1, 0.15) is 53.0 Å². The molecule has 1 aromatic heterocycles. The Kier molecular flexibility index (Phi) is 6.74. The maximum atomic E-state index is 13.5. The third kappa shape index (κ3) is 4.63. The number of likely N-dealkylation sites (tertiary alicyclic amines) is 2. The van der Waals surface area contributed by atoms with Crippen LogP contribution >= 0.6 is 0 Å². The number of piperidine rings is 1. The molecule has 2 aliphatic rings. The molecule has 174 valence electrons. The molecule has 1 amide bonds. The monoisotopic (exact) mass is 458 g/mol. The first-order valence-corrected chi connectivity index (χ1v) is 13.0. The summed E-state index contributed by atoms with van der Waals surface area (Å²) in [7, 11) is -1.98. The fourth-order valence-corrected chi connectivity index (χ4v) is 6.73. The van der Waals surface area contributed by atoms with Crippen molar-refractivity contribution in [1.82, 2.24) is 19.1 Å². The van der Waals surface area contributed by atoms with Crippen LogP contribution in [-0.4, -0.2) is 60.9 Å². The molecule has 1 N–H and O–H groups in total. The van der Waals surface area contributed by atoms with Gasteiger partial charge in [0.1, 0.15) is 4.90 Å². The normalized spacial score (nSPS) is 18.4. The predicted octanol–water partition coefficient (Wildman–Crippen LogP) is 2.82. The molecule has 2 fully saturated rings. The Hall–Kier alpha value is -2.16. The van der Waals surface area contributed by atoms with E-state index in [4.69, 9.17) is 0 Å². The third-order valence-corrected chi connectivity index (χ3v) is 8.64. The zero-order chi connectivity index (χ0) is 22.9. The summed E-state index contributed by atoms with van der Waals surface area (Å²) >= 11 is 0. The number of benzene rings is 1. The number of carbonyl (C=O) groups excluding carboxylic acids is 1. The van der Waals surface area contributed by atoms with Gasteiger partial charge in [0.25, 0.3) is 5.91 Å². The number of hydrogen-bond donors (Lipinski definition) is 1. The van der Waals surface area contributed by atoms with Crippen LogP contribution in [0.3, 0.4) is 0 Å². The van der Waals surface area contributed by atoms with E-state index in [0.29, 0.717) is 30.0 Å². The second kappa shape index (κ2) is 9.37. The van der Waals surface area contributed by atoms with Crippen molar-refractivity contribution in [2.75, 3.05) is 26.2 Å². The van der Waals surface area contributed by atoms with Crippen LogP contribution < -0.4 is 4.72 Å². The largest absolute Gasteiger partial charge is 0.350 e. The van der Waals surface area contributed by atoms with Crippen molar-refractivity contribution >= 4 is 15.9 Å². The second-order valence-electron chi connectivity index (χ2n) is 9.09. The summed E-state index contributed by atoms with van der Waals surface area (Å²) in [6.07, 6.45) is 3.45. The Balaban J connectivity index is 1.48. The number of sulfonamides is 1. The summed E-state index contributed by atoms with van der Waals surface area (Å²) in [4.78, 5) is 17.5. The number of nitrogens with one attached hydrogen (secondary N) is 1. The predicted molar refractivity (Wildman–Crippen MR) is 125 cm³/mol. The van der Waals surface area contributed by atoms with Gasteiger partial charge in [0.15, 0.2) is 0 Å². The van der Waals surface area contributed by atoms with Crippen molar-refractivity contribution in [1.29, 1.82) is 0 Å². The Morgan fingerprint density at radius 2 is 1.62 bits per heavy atom. The third-order valence-electron chi connectivity index (χ3n) is 6.96. The first-order valence-electron chi connectivity index (χ1n) is 11.5. The lowest BCUT2D eigenvalue weighted by molar-refractivity contribution is 0.0788. The van der Waals surface area contributed by atoms with E-state index < -0.39 is 10.0 Å². The maximum absolute atomic E-state index is 13.5. The number of aromatic nitrogens is 1. The van der Waals surface area contributed by atoms with Crippen LogP contribution in [0.25, 0.3) is 0 Å². The van der Waals surface area contributed by atoms with Gasteiger partial charge in [0, 0.05) is 57.2 Å². The lowest BCUT2D eigenvalue weighted by Gasteiger charge is -2.32. The van der Waals surface area contributed by atoms with E-state index in [-0.39, 0.29) is 16.8 Å².